The van der Waals surface area contributed by atoms with Gasteiger partial charge in [0.05, 0.1) is 0 Å². The Hall–Kier alpha value is -1.72. The van der Waals surface area contributed by atoms with Gasteiger partial charge in [-0.3, -0.25) is 4.57 Å². The van der Waals surface area contributed by atoms with Crippen LogP contribution in [0.15, 0.2) is 6.33 Å². The number of fused-ring (bicyclic) bond motifs is 1. The number of aromatic nitrogens is 4. The molecule has 0 aliphatic rings. The van der Waals surface area contributed by atoms with Crippen LogP contribution in [0, 0.1) is 6.08 Å². The smallest absolute Gasteiger partial charge is 0.291 e. The summed E-state index contributed by atoms with van der Waals surface area (Å²) in [6, 6.07) is 0.00398. The van der Waals surface area contributed by atoms with Crippen LogP contribution in [0.4, 0.5) is 10.2 Å². The van der Waals surface area contributed by atoms with Crippen molar-refractivity contribution in [2.24, 2.45) is 0 Å². The predicted molar refractivity (Wildman–Crippen MR) is 54.7 cm³/mol. The highest BCUT2D eigenvalue weighted by Gasteiger charge is 2.17. The van der Waals surface area contributed by atoms with E-state index in [0.717, 1.165) is 6.42 Å². The molecule has 2 aromatic heterocycles. The van der Waals surface area contributed by atoms with E-state index in [1.807, 2.05) is 13.8 Å². The largest absolute Gasteiger partial charge is 0.382 e. The number of halogens is 1. The van der Waals surface area contributed by atoms with Crippen LogP contribution in [0.2, 0.25) is 0 Å². The average Bonchev–Trinajstić information content (AvgIpc) is 2.55. The first kappa shape index (κ1) is 9.82. The molecule has 2 rings (SSSR count). The number of hydrogen-bond acceptors (Lipinski definition) is 4. The fourth-order valence-corrected chi connectivity index (χ4v) is 1.47. The van der Waals surface area contributed by atoms with E-state index in [0.29, 0.717) is 11.2 Å². The van der Waals surface area contributed by atoms with Crippen LogP contribution >= 0.6 is 0 Å². The van der Waals surface area contributed by atoms with E-state index in [-0.39, 0.29) is 11.9 Å². The Bertz CT molecular complexity index is 492. The maximum Gasteiger partial charge on any atom is 0.291 e. The van der Waals surface area contributed by atoms with Gasteiger partial charge in [-0.1, -0.05) is 6.92 Å². The Balaban J connectivity index is 2.73. The molecule has 80 valence electrons. The van der Waals surface area contributed by atoms with Gasteiger partial charge in [-0.2, -0.15) is 9.37 Å². The first-order valence-corrected chi connectivity index (χ1v) is 4.79. The van der Waals surface area contributed by atoms with Crippen LogP contribution in [-0.2, 0) is 0 Å². The maximum absolute atomic E-state index is 13.6. The zero-order chi connectivity index (χ0) is 11.0. The summed E-state index contributed by atoms with van der Waals surface area (Å²) >= 11 is 0. The maximum atomic E-state index is 13.6. The van der Waals surface area contributed by atoms with Crippen molar-refractivity contribution >= 4 is 17.0 Å². The second-order valence-corrected chi connectivity index (χ2v) is 3.44. The van der Waals surface area contributed by atoms with Gasteiger partial charge in [-0.15, -0.1) is 0 Å². The molecule has 0 saturated carbocycles. The third-order valence-corrected chi connectivity index (χ3v) is 2.49. The number of imidazole rings is 1. The molecule has 15 heavy (non-hydrogen) atoms. The highest BCUT2D eigenvalue weighted by molar-refractivity contribution is 5.81. The lowest BCUT2D eigenvalue weighted by atomic mass is 10.2. The minimum atomic E-state index is -0.563. The summed E-state index contributed by atoms with van der Waals surface area (Å²) in [4.78, 5) is 11.5. The summed E-state index contributed by atoms with van der Waals surface area (Å²) in [6.07, 6.45) is 1.55. The Kier molecular flexibility index (Phi) is 2.26. The van der Waals surface area contributed by atoms with E-state index in [2.05, 4.69) is 15.0 Å². The lowest BCUT2D eigenvalue weighted by Gasteiger charge is -2.10. The predicted octanol–water partition coefficient (Wildman–Crippen LogP) is 1.52. The number of nitrogens with zero attached hydrogens (tertiary/aromatic N) is 4. The van der Waals surface area contributed by atoms with Crippen molar-refractivity contribution in [3.63, 3.8) is 0 Å². The SMILES string of the molecule is CCC(C)n1c(F)nc2c(N)ncnc21. The number of hydrogen-bond donors (Lipinski definition) is 1. The van der Waals surface area contributed by atoms with Gasteiger partial charge >= 0.3 is 0 Å². The van der Waals surface area contributed by atoms with Gasteiger partial charge in [0.15, 0.2) is 17.0 Å². The molecule has 0 spiro atoms. The number of nitrogen functional groups attached to an aromatic ring is 1. The van der Waals surface area contributed by atoms with Gasteiger partial charge < -0.3 is 5.73 Å². The molecule has 0 bridgehead atoms. The quantitative estimate of drug-likeness (QED) is 0.761. The highest BCUT2D eigenvalue weighted by atomic mass is 19.1. The van der Waals surface area contributed by atoms with Gasteiger partial charge in [-0.25, -0.2) is 9.97 Å². The Morgan fingerprint density at radius 1 is 1.53 bits per heavy atom. The van der Waals surface area contributed by atoms with E-state index in [1.54, 1.807) is 0 Å². The first-order valence-electron chi connectivity index (χ1n) is 4.79. The Morgan fingerprint density at radius 3 is 2.93 bits per heavy atom. The summed E-state index contributed by atoms with van der Waals surface area (Å²) in [5, 5.41) is 0. The van der Waals surface area contributed by atoms with Crippen molar-refractivity contribution in [2.75, 3.05) is 5.73 Å². The molecular formula is C9H12FN5. The molecule has 0 amide bonds. The monoisotopic (exact) mass is 209 g/mol. The molecule has 1 atom stereocenters. The summed E-state index contributed by atoms with van der Waals surface area (Å²) in [5.74, 6) is 0.209. The molecule has 2 aromatic rings. The topological polar surface area (TPSA) is 69.6 Å². The van der Waals surface area contributed by atoms with Crippen LogP contribution in [0.5, 0.6) is 0 Å². The van der Waals surface area contributed by atoms with Crippen LogP contribution in [0.3, 0.4) is 0 Å². The lowest BCUT2D eigenvalue weighted by molar-refractivity contribution is 0.417. The number of nitrogens with two attached hydrogens (primary N) is 1. The fourth-order valence-electron chi connectivity index (χ4n) is 1.47. The molecule has 2 heterocycles. The molecule has 6 heteroatoms. The standard InChI is InChI=1S/C9H12FN5/c1-3-5(2)15-8-6(14-9(15)10)7(11)12-4-13-8/h4-5H,3H2,1-2H3,(H2,11,12,13). The van der Waals surface area contributed by atoms with Gasteiger partial charge in [-0.05, 0) is 13.3 Å². The van der Waals surface area contributed by atoms with E-state index in [9.17, 15) is 4.39 Å². The lowest BCUT2D eigenvalue weighted by Crippen LogP contribution is -2.07. The molecule has 0 fully saturated rings. The van der Waals surface area contributed by atoms with Crippen molar-refractivity contribution in [2.45, 2.75) is 26.3 Å². The van der Waals surface area contributed by atoms with Crippen LogP contribution < -0.4 is 5.73 Å². The third-order valence-electron chi connectivity index (χ3n) is 2.49. The second-order valence-electron chi connectivity index (χ2n) is 3.44. The summed E-state index contributed by atoms with van der Waals surface area (Å²) in [6.45, 7) is 3.88. The molecule has 0 aromatic carbocycles. The Labute approximate surface area is 86.2 Å². The fraction of sp³-hybridized carbons (Fsp3) is 0.444. The number of anilines is 1. The summed E-state index contributed by atoms with van der Waals surface area (Å²) < 4.78 is 15.0. The Morgan fingerprint density at radius 2 is 2.27 bits per heavy atom. The third kappa shape index (κ3) is 1.42. The second kappa shape index (κ2) is 3.45. The molecule has 0 aliphatic carbocycles. The van der Waals surface area contributed by atoms with E-state index in [4.69, 9.17) is 5.73 Å². The van der Waals surface area contributed by atoms with E-state index >= 15 is 0 Å². The van der Waals surface area contributed by atoms with Gasteiger partial charge in [0, 0.05) is 6.04 Å². The van der Waals surface area contributed by atoms with Gasteiger partial charge in [0.2, 0.25) is 0 Å². The van der Waals surface area contributed by atoms with Crippen LogP contribution in [0.25, 0.3) is 11.2 Å². The van der Waals surface area contributed by atoms with Crippen LogP contribution in [0.1, 0.15) is 26.3 Å². The van der Waals surface area contributed by atoms with Crippen LogP contribution in [-0.4, -0.2) is 19.5 Å². The van der Waals surface area contributed by atoms with E-state index in [1.165, 1.54) is 10.9 Å². The normalized spacial score (nSPS) is 13.3. The average molecular weight is 209 g/mol. The molecule has 0 saturated heterocycles. The molecule has 0 radical (unpaired) electrons. The zero-order valence-corrected chi connectivity index (χ0v) is 8.61. The van der Waals surface area contributed by atoms with Crippen molar-refractivity contribution in [1.29, 1.82) is 0 Å². The first-order chi connectivity index (χ1) is 7.15. The molecule has 0 aliphatic heterocycles. The molecule has 2 N–H and O–H groups in total. The number of rotatable bonds is 2. The molecule has 5 nitrogen and oxygen atoms in total. The van der Waals surface area contributed by atoms with Crippen molar-refractivity contribution in [3.05, 3.63) is 12.4 Å². The van der Waals surface area contributed by atoms with Gasteiger partial charge in [0.25, 0.3) is 6.08 Å². The van der Waals surface area contributed by atoms with Crippen molar-refractivity contribution in [3.8, 4) is 0 Å². The zero-order valence-electron chi connectivity index (χ0n) is 8.61. The minimum Gasteiger partial charge on any atom is -0.382 e. The summed E-state index contributed by atoms with van der Waals surface area (Å²) in [5.41, 5.74) is 6.37. The van der Waals surface area contributed by atoms with E-state index < -0.39 is 6.08 Å². The molecular weight excluding hydrogens is 197 g/mol. The van der Waals surface area contributed by atoms with Crippen molar-refractivity contribution < 1.29 is 4.39 Å². The highest BCUT2D eigenvalue weighted by Crippen LogP contribution is 2.22. The van der Waals surface area contributed by atoms with Crippen molar-refractivity contribution in [1.82, 2.24) is 19.5 Å². The minimum absolute atomic E-state index is 0.00398. The molecule has 1 unspecified atom stereocenters. The summed E-state index contributed by atoms with van der Waals surface area (Å²) in [7, 11) is 0. The van der Waals surface area contributed by atoms with Gasteiger partial charge in [0.1, 0.15) is 6.33 Å².